The van der Waals surface area contributed by atoms with E-state index < -0.39 is 16.5 Å². The second kappa shape index (κ2) is 6.05. The molecule has 0 spiro atoms. The van der Waals surface area contributed by atoms with Crippen molar-refractivity contribution in [3.8, 4) is 0 Å². The number of benzene rings is 1. The van der Waals surface area contributed by atoms with Gasteiger partial charge in [0.05, 0.1) is 4.92 Å². The first-order valence-corrected chi connectivity index (χ1v) is 6.33. The molecular weight excluding hydrogens is 282 g/mol. The number of rotatable bonds is 3. The molecule has 0 aromatic heterocycles. The summed E-state index contributed by atoms with van der Waals surface area (Å²) >= 11 is 5.74. The van der Waals surface area contributed by atoms with Crippen LogP contribution in [0.25, 0.3) is 5.57 Å². The number of ether oxygens (including phenoxy) is 1. The molecule has 0 bridgehead atoms. The lowest BCUT2D eigenvalue weighted by Gasteiger charge is -2.18. The Balaban J connectivity index is 3.03. The summed E-state index contributed by atoms with van der Waals surface area (Å²) in [5, 5.41) is 10.9. The minimum atomic E-state index is -0.583. The SMILES string of the molecule is CC(=CC(=O)OC(C)(C)C)c1ccc(Cl)c([N+](=O)[O-])c1. The summed E-state index contributed by atoms with van der Waals surface area (Å²) in [6, 6.07) is 4.38. The normalized spacial score (nSPS) is 12.2. The Morgan fingerprint density at radius 2 is 2.00 bits per heavy atom. The van der Waals surface area contributed by atoms with Crippen molar-refractivity contribution in [1.29, 1.82) is 0 Å². The first-order chi connectivity index (χ1) is 9.10. The standard InChI is InChI=1S/C14H16ClNO4/c1-9(7-13(17)20-14(2,3)4)10-5-6-11(15)12(8-10)16(18)19/h5-8H,1-4H3. The number of esters is 1. The number of nitro groups is 1. The summed E-state index contributed by atoms with van der Waals surface area (Å²) in [6.45, 7) is 6.97. The van der Waals surface area contributed by atoms with Gasteiger partial charge in [-0.05, 0) is 44.9 Å². The summed E-state index contributed by atoms with van der Waals surface area (Å²) in [5.41, 5.74) is 0.340. The summed E-state index contributed by atoms with van der Waals surface area (Å²) in [7, 11) is 0. The number of carbonyl (C=O) groups excluding carboxylic acids is 1. The zero-order chi connectivity index (χ0) is 15.5. The summed E-state index contributed by atoms with van der Waals surface area (Å²) in [4.78, 5) is 21.9. The maximum atomic E-state index is 11.7. The third-order valence-electron chi connectivity index (χ3n) is 2.34. The van der Waals surface area contributed by atoms with Crippen LogP contribution in [0.1, 0.15) is 33.3 Å². The molecule has 20 heavy (non-hydrogen) atoms. The van der Waals surface area contributed by atoms with Crippen LogP contribution in [0.2, 0.25) is 5.02 Å². The minimum absolute atomic E-state index is 0.0591. The highest BCUT2D eigenvalue weighted by molar-refractivity contribution is 6.32. The molecule has 0 saturated carbocycles. The van der Waals surface area contributed by atoms with Gasteiger partial charge in [0.15, 0.2) is 0 Å². The third-order valence-corrected chi connectivity index (χ3v) is 2.66. The van der Waals surface area contributed by atoms with Gasteiger partial charge in [0.2, 0.25) is 0 Å². The number of nitro benzene ring substituents is 1. The highest BCUT2D eigenvalue weighted by Crippen LogP contribution is 2.28. The molecule has 1 aromatic rings. The molecule has 0 N–H and O–H groups in total. The van der Waals surface area contributed by atoms with E-state index in [1.54, 1.807) is 33.8 Å². The minimum Gasteiger partial charge on any atom is -0.457 e. The van der Waals surface area contributed by atoms with Crippen LogP contribution in [0.3, 0.4) is 0 Å². The largest absolute Gasteiger partial charge is 0.457 e. The van der Waals surface area contributed by atoms with Crippen molar-refractivity contribution in [3.63, 3.8) is 0 Å². The van der Waals surface area contributed by atoms with Crippen LogP contribution in [0.15, 0.2) is 24.3 Å². The number of nitrogens with zero attached hydrogens (tertiary/aromatic N) is 1. The maximum absolute atomic E-state index is 11.7. The Bertz CT molecular complexity index is 573. The molecule has 1 rings (SSSR count). The fourth-order valence-electron chi connectivity index (χ4n) is 1.49. The molecule has 0 radical (unpaired) electrons. The van der Waals surface area contributed by atoms with Gasteiger partial charge in [-0.2, -0.15) is 0 Å². The molecule has 0 aliphatic carbocycles. The van der Waals surface area contributed by atoms with Crippen LogP contribution < -0.4 is 0 Å². The van der Waals surface area contributed by atoms with E-state index in [1.807, 2.05) is 0 Å². The zero-order valence-corrected chi connectivity index (χ0v) is 12.5. The monoisotopic (exact) mass is 297 g/mol. The molecule has 0 amide bonds. The van der Waals surface area contributed by atoms with Crippen LogP contribution in [0, 0.1) is 10.1 Å². The topological polar surface area (TPSA) is 69.4 Å². The molecule has 1 aromatic carbocycles. The Morgan fingerprint density at radius 3 is 2.50 bits per heavy atom. The molecule has 0 saturated heterocycles. The summed E-state index contributed by atoms with van der Waals surface area (Å²) in [5.74, 6) is -0.493. The van der Waals surface area contributed by atoms with Gasteiger partial charge in [-0.15, -0.1) is 0 Å². The van der Waals surface area contributed by atoms with Crippen LogP contribution in [-0.2, 0) is 9.53 Å². The van der Waals surface area contributed by atoms with E-state index in [0.717, 1.165) is 0 Å². The quantitative estimate of drug-likeness (QED) is 0.366. The predicted molar refractivity (Wildman–Crippen MR) is 77.6 cm³/mol. The van der Waals surface area contributed by atoms with Crippen LogP contribution in [-0.4, -0.2) is 16.5 Å². The molecule has 0 fully saturated rings. The molecule has 0 heterocycles. The van der Waals surface area contributed by atoms with E-state index in [-0.39, 0.29) is 10.7 Å². The molecule has 108 valence electrons. The van der Waals surface area contributed by atoms with Gasteiger partial charge < -0.3 is 4.74 Å². The van der Waals surface area contributed by atoms with Gasteiger partial charge in [-0.3, -0.25) is 10.1 Å². The van der Waals surface area contributed by atoms with E-state index in [2.05, 4.69) is 0 Å². The molecular formula is C14H16ClNO4. The molecule has 0 unspecified atom stereocenters. The van der Waals surface area contributed by atoms with Gasteiger partial charge in [-0.1, -0.05) is 17.7 Å². The Morgan fingerprint density at radius 1 is 1.40 bits per heavy atom. The fraction of sp³-hybridized carbons (Fsp3) is 0.357. The highest BCUT2D eigenvalue weighted by Gasteiger charge is 2.16. The zero-order valence-electron chi connectivity index (χ0n) is 11.8. The Hall–Kier alpha value is -1.88. The molecule has 0 atom stereocenters. The van der Waals surface area contributed by atoms with Crippen LogP contribution >= 0.6 is 11.6 Å². The van der Waals surface area contributed by atoms with Crippen LogP contribution in [0.5, 0.6) is 0 Å². The lowest BCUT2D eigenvalue weighted by Crippen LogP contribution is -2.22. The summed E-state index contributed by atoms with van der Waals surface area (Å²) in [6.07, 6.45) is 1.30. The van der Waals surface area contributed by atoms with Crippen molar-refractivity contribution in [2.24, 2.45) is 0 Å². The first kappa shape index (κ1) is 16.2. The number of allylic oxidation sites excluding steroid dienone is 1. The van der Waals surface area contributed by atoms with Gasteiger partial charge in [-0.25, -0.2) is 4.79 Å². The number of hydrogen-bond acceptors (Lipinski definition) is 4. The van der Waals surface area contributed by atoms with Gasteiger partial charge in [0, 0.05) is 12.1 Å². The van der Waals surface area contributed by atoms with Gasteiger partial charge >= 0.3 is 5.97 Å². The van der Waals surface area contributed by atoms with Crippen molar-refractivity contribution in [1.82, 2.24) is 0 Å². The molecule has 6 heteroatoms. The average Bonchev–Trinajstić information content (AvgIpc) is 2.26. The lowest BCUT2D eigenvalue weighted by molar-refractivity contribution is -0.384. The van der Waals surface area contributed by atoms with E-state index >= 15 is 0 Å². The number of hydrogen-bond donors (Lipinski definition) is 0. The summed E-state index contributed by atoms with van der Waals surface area (Å²) < 4.78 is 5.16. The van der Waals surface area contributed by atoms with Gasteiger partial charge in [0.1, 0.15) is 10.6 Å². The van der Waals surface area contributed by atoms with E-state index in [1.165, 1.54) is 18.2 Å². The second-order valence-electron chi connectivity index (χ2n) is 5.28. The Labute approximate surface area is 122 Å². The number of halogens is 1. The van der Waals surface area contributed by atoms with E-state index in [0.29, 0.717) is 11.1 Å². The maximum Gasteiger partial charge on any atom is 0.331 e. The Kier molecular flexibility index (Phi) is 4.89. The lowest BCUT2D eigenvalue weighted by atomic mass is 10.1. The van der Waals surface area contributed by atoms with Gasteiger partial charge in [0.25, 0.3) is 5.69 Å². The van der Waals surface area contributed by atoms with E-state index in [9.17, 15) is 14.9 Å². The van der Waals surface area contributed by atoms with Crippen molar-refractivity contribution in [3.05, 3.63) is 45.0 Å². The highest BCUT2D eigenvalue weighted by atomic mass is 35.5. The molecule has 0 aliphatic rings. The molecule has 5 nitrogen and oxygen atoms in total. The van der Waals surface area contributed by atoms with Crippen molar-refractivity contribution in [2.75, 3.05) is 0 Å². The number of carbonyl (C=O) groups is 1. The smallest absolute Gasteiger partial charge is 0.331 e. The van der Waals surface area contributed by atoms with Crippen LogP contribution in [0.4, 0.5) is 5.69 Å². The van der Waals surface area contributed by atoms with E-state index in [4.69, 9.17) is 16.3 Å². The predicted octanol–water partition coefficient (Wildman–Crippen LogP) is 3.99. The first-order valence-electron chi connectivity index (χ1n) is 5.96. The van der Waals surface area contributed by atoms with Crippen molar-refractivity contribution in [2.45, 2.75) is 33.3 Å². The fourth-order valence-corrected chi connectivity index (χ4v) is 1.68. The van der Waals surface area contributed by atoms with Crippen molar-refractivity contribution < 1.29 is 14.5 Å². The third kappa shape index (κ3) is 4.66. The van der Waals surface area contributed by atoms with Crippen molar-refractivity contribution >= 4 is 28.8 Å². The second-order valence-corrected chi connectivity index (χ2v) is 5.69. The average molecular weight is 298 g/mol. The molecule has 0 aliphatic heterocycles.